The Bertz CT molecular complexity index is 928. The Balaban J connectivity index is 2.12. The Morgan fingerprint density at radius 1 is 1.33 bits per heavy atom. The molecule has 0 bridgehead atoms. The van der Waals surface area contributed by atoms with Gasteiger partial charge in [-0.1, -0.05) is 6.07 Å². The van der Waals surface area contributed by atoms with Gasteiger partial charge in [-0.15, -0.1) is 0 Å². The van der Waals surface area contributed by atoms with E-state index < -0.39 is 38.0 Å². The molecule has 10 nitrogen and oxygen atoms in total. The van der Waals surface area contributed by atoms with E-state index in [1.165, 1.54) is 31.2 Å². The zero-order valence-electron chi connectivity index (χ0n) is 14.8. The van der Waals surface area contributed by atoms with Gasteiger partial charge in [-0.2, -0.15) is 4.31 Å². The molecule has 150 valence electrons. The van der Waals surface area contributed by atoms with Crippen LogP contribution in [0.1, 0.15) is 17.3 Å². The normalized spacial score (nSPS) is 17.2. The van der Waals surface area contributed by atoms with Crippen molar-refractivity contribution in [1.29, 1.82) is 0 Å². The van der Waals surface area contributed by atoms with Crippen LogP contribution >= 0.6 is 0 Å². The first-order valence-electron chi connectivity index (χ1n) is 8.01. The summed E-state index contributed by atoms with van der Waals surface area (Å²) in [5, 5.41) is 2.54. The van der Waals surface area contributed by atoms with E-state index in [9.17, 15) is 26.4 Å². The zero-order valence-corrected chi connectivity index (χ0v) is 16.5. The molecule has 0 radical (unpaired) electrons. The summed E-state index contributed by atoms with van der Waals surface area (Å²) in [6, 6.07) is 5.28. The highest BCUT2D eigenvalue weighted by Crippen LogP contribution is 2.18. The van der Waals surface area contributed by atoms with E-state index in [0.29, 0.717) is 0 Å². The molecular weight excluding hydrogens is 398 g/mol. The standard InChI is InChI=1S/C15H21N3O7S2/c1-11(9-17-26(2,21)22)25-15(20)12-4-3-5-13(8-12)27(23,24)18-7-6-16-14(19)10-18/h3-5,8,11,17H,6-7,9-10H2,1-2H3,(H,16,19). The molecule has 0 spiro atoms. The molecule has 1 amide bonds. The number of benzene rings is 1. The Morgan fingerprint density at radius 3 is 2.67 bits per heavy atom. The molecule has 27 heavy (non-hydrogen) atoms. The number of esters is 1. The molecule has 0 aliphatic carbocycles. The summed E-state index contributed by atoms with van der Waals surface area (Å²) < 4.78 is 55.8. The fraction of sp³-hybridized carbons (Fsp3) is 0.467. The number of carbonyl (C=O) groups is 2. The molecular formula is C15H21N3O7S2. The summed E-state index contributed by atoms with van der Waals surface area (Å²) in [5.74, 6) is -1.18. The summed E-state index contributed by atoms with van der Waals surface area (Å²) in [4.78, 5) is 23.5. The van der Waals surface area contributed by atoms with Gasteiger partial charge in [0.1, 0.15) is 6.10 Å². The highest BCUT2D eigenvalue weighted by atomic mass is 32.2. The smallest absolute Gasteiger partial charge is 0.338 e. The molecule has 0 aromatic heterocycles. The number of hydrogen-bond acceptors (Lipinski definition) is 7. The van der Waals surface area contributed by atoms with E-state index in [-0.39, 0.29) is 36.6 Å². The Hall–Kier alpha value is -2.02. The SMILES string of the molecule is CC(CNS(C)(=O)=O)OC(=O)c1cccc(S(=O)(=O)N2CCNC(=O)C2)c1. The number of sulfonamides is 2. The van der Waals surface area contributed by atoms with Crippen molar-refractivity contribution < 1.29 is 31.2 Å². The van der Waals surface area contributed by atoms with Crippen molar-refractivity contribution in [1.82, 2.24) is 14.3 Å². The molecule has 1 aromatic carbocycles. The molecule has 0 saturated carbocycles. The Morgan fingerprint density at radius 2 is 2.04 bits per heavy atom. The van der Waals surface area contributed by atoms with Crippen molar-refractivity contribution in [3.05, 3.63) is 29.8 Å². The molecule has 1 fully saturated rings. The van der Waals surface area contributed by atoms with Gasteiger partial charge in [0.05, 0.1) is 23.3 Å². The quantitative estimate of drug-likeness (QED) is 0.535. The highest BCUT2D eigenvalue weighted by Gasteiger charge is 2.29. The lowest BCUT2D eigenvalue weighted by Gasteiger charge is -2.26. The second kappa shape index (κ2) is 8.33. The minimum Gasteiger partial charge on any atom is -0.458 e. The predicted octanol–water partition coefficient (Wildman–Crippen LogP) is -1.10. The van der Waals surface area contributed by atoms with Crippen LogP contribution in [0.15, 0.2) is 29.2 Å². The Kier molecular flexibility index (Phi) is 6.57. The molecule has 1 heterocycles. The van der Waals surface area contributed by atoms with Gasteiger partial charge >= 0.3 is 5.97 Å². The summed E-state index contributed by atoms with van der Waals surface area (Å²) in [5.41, 5.74) is 0.00346. The summed E-state index contributed by atoms with van der Waals surface area (Å²) >= 11 is 0. The number of amides is 1. The third-order valence-electron chi connectivity index (χ3n) is 3.65. The van der Waals surface area contributed by atoms with Crippen LogP contribution in [-0.2, 0) is 29.6 Å². The maximum absolute atomic E-state index is 12.7. The second-order valence-corrected chi connectivity index (χ2v) is 9.82. The van der Waals surface area contributed by atoms with Gasteiger partial charge in [0.25, 0.3) is 0 Å². The van der Waals surface area contributed by atoms with Crippen molar-refractivity contribution in [2.24, 2.45) is 0 Å². The number of hydrogen-bond donors (Lipinski definition) is 2. The van der Waals surface area contributed by atoms with Crippen LogP contribution in [0.3, 0.4) is 0 Å². The van der Waals surface area contributed by atoms with E-state index in [0.717, 1.165) is 10.6 Å². The molecule has 1 atom stereocenters. The highest BCUT2D eigenvalue weighted by molar-refractivity contribution is 7.89. The first-order valence-corrected chi connectivity index (χ1v) is 11.3. The van der Waals surface area contributed by atoms with Gasteiger partial charge < -0.3 is 10.1 Å². The van der Waals surface area contributed by atoms with Crippen LogP contribution < -0.4 is 10.0 Å². The first-order chi connectivity index (χ1) is 12.5. The zero-order chi connectivity index (χ0) is 20.2. The number of ether oxygens (including phenoxy) is 1. The number of nitrogens with one attached hydrogen (secondary N) is 2. The van der Waals surface area contributed by atoms with Gasteiger partial charge in [-0.3, -0.25) is 4.79 Å². The van der Waals surface area contributed by atoms with Crippen molar-refractivity contribution >= 4 is 31.9 Å². The van der Waals surface area contributed by atoms with E-state index >= 15 is 0 Å². The maximum atomic E-state index is 12.7. The molecule has 1 aliphatic heterocycles. The average Bonchev–Trinajstić information content (AvgIpc) is 2.59. The summed E-state index contributed by atoms with van der Waals surface area (Å²) in [6.45, 7) is 1.46. The monoisotopic (exact) mass is 419 g/mol. The van der Waals surface area contributed by atoms with E-state index in [1.807, 2.05) is 0 Å². The molecule has 1 saturated heterocycles. The van der Waals surface area contributed by atoms with Crippen molar-refractivity contribution in [3.63, 3.8) is 0 Å². The van der Waals surface area contributed by atoms with Crippen LogP contribution in [0, 0.1) is 0 Å². The fourth-order valence-electron chi connectivity index (χ4n) is 2.31. The van der Waals surface area contributed by atoms with Crippen molar-refractivity contribution in [2.75, 3.05) is 32.4 Å². The van der Waals surface area contributed by atoms with Crippen molar-refractivity contribution in [2.45, 2.75) is 17.9 Å². The third kappa shape index (κ3) is 5.99. The van der Waals surface area contributed by atoms with E-state index in [4.69, 9.17) is 4.74 Å². The molecule has 2 N–H and O–H groups in total. The lowest BCUT2D eigenvalue weighted by atomic mass is 10.2. The van der Waals surface area contributed by atoms with Gasteiger partial charge in [0, 0.05) is 19.6 Å². The topological polar surface area (TPSA) is 139 Å². The number of rotatable bonds is 7. The first kappa shape index (κ1) is 21.3. The minimum absolute atomic E-state index is 0.00346. The van der Waals surface area contributed by atoms with Crippen LogP contribution in [0.5, 0.6) is 0 Å². The van der Waals surface area contributed by atoms with Gasteiger partial charge in [0.2, 0.25) is 26.0 Å². The Labute approximate surface area is 158 Å². The minimum atomic E-state index is -3.94. The van der Waals surface area contributed by atoms with Gasteiger partial charge in [-0.05, 0) is 25.1 Å². The molecule has 2 rings (SSSR count). The third-order valence-corrected chi connectivity index (χ3v) is 6.18. The van der Waals surface area contributed by atoms with E-state index in [2.05, 4.69) is 10.0 Å². The fourth-order valence-corrected chi connectivity index (χ4v) is 4.29. The molecule has 1 unspecified atom stereocenters. The largest absolute Gasteiger partial charge is 0.458 e. The van der Waals surface area contributed by atoms with E-state index in [1.54, 1.807) is 0 Å². The lowest BCUT2D eigenvalue weighted by molar-refractivity contribution is -0.122. The second-order valence-electron chi connectivity index (χ2n) is 6.05. The van der Waals surface area contributed by atoms with Gasteiger partial charge in [0.15, 0.2) is 0 Å². The summed E-state index contributed by atoms with van der Waals surface area (Å²) in [6.07, 6.45) is 0.231. The van der Waals surface area contributed by atoms with Crippen LogP contribution in [-0.4, -0.2) is 71.6 Å². The van der Waals surface area contributed by atoms with Crippen LogP contribution in [0.25, 0.3) is 0 Å². The predicted molar refractivity (Wildman–Crippen MR) is 95.9 cm³/mol. The average molecular weight is 419 g/mol. The van der Waals surface area contributed by atoms with Crippen molar-refractivity contribution in [3.8, 4) is 0 Å². The van der Waals surface area contributed by atoms with Crippen LogP contribution in [0.4, 0.5) is 0 Å². The van der Waals surface area contributed by atoms with Gasteiger partial charge in [-0.25, -0.2) is 26.4 Å². The maximum Gasteiger partial charge on any atom is 0.338 e. The summed E-state index contributed by atoms with van der Waals surface area (Å²) in [7, 11) is -7.36. The molecule has 1 aromatic rings. The molecule has 12 heteroatoms. The number of piperazine rings is 1. The molecule has 1 aliphatic rings. The number of carbonyl (C=O) groups excluding carboxylic acids is 2. The van der Waals surface area contributed by atoms with Crippen LogP contribution in [0.2, 0.25) is 0 Å². The number of nitrogens with zero attached hydrogens (tertiary/aromatic N) is 1. The lowest BCUT2D eigenvalue weighted by Crippen LogP contribution is -2.49.